The molecule has 8 nitrogen and oxygen atoms in total. The summed E-state index contributed by atoms with van der Waals surface area (Å²) in [5.41, 5.74) is 0.615. The van der Waals surface area contributed by atoms with Crippen LogP contribution in [-0.4, -0.2) is 39.5 Å². The third-order valence-electron chi connectivity index (χ3n) is 6.04. The average molecular weight is 569 g/mol. The lowest BCUT2D eigenvalue weighted by Gasteiger charge is -2.11. The second kappa shape index (κ2) is 12.2. The molecule has 1 aliphatic carbocycles. The van der Waals surface area contributed by atoms with Crippen molar-refractivity contribution in [2.24, 2.45) is 0 Å². The minimum absolute atomic E-state index is 0.0236. The van der Waals surface area contributed by atoms with Gasteiger partial charge < -0.3 is 19.4 Å². The summed E-state index contributed by atoms with van der Waals surface area (Å²) in [6, 6.07) is 4.62. The maximum atomic E-state index is 13.0. The molecule has 204 valence electrons. The lowest BCUT2D eigenvalue weighted by Crippen LogP contribution is -2.17. The fourth-order valence-corrected chi connectivity index (χ4v) is 6.32. The van der Waals surface area contributed by atoms with Crippen molar-refractivity contribution < 1.29 is 32.2 Å². The molecule has 0 saturated carbocycles. The number of hydrogen-bond acceptors (Lipinski definition) is 8. The van der Waals surface area contributed by atoms with Gasteiger partial charge in [0.2, 0.25) is 5.91 Å². The fourth-order valence-electron chi connectivity index (χ4n) is 4.20. The number of alkyl halides is 3. The van der Waals surface area contributed by atoms with Gasteiger partial charge in [0, 0.05) is 11.4 Å². The summed E-state index contributed by atoms with van der Waals surface area (Å²) in [6.07, 6.45) is 0.330. The number of benzene rings is 1. The molecule has 2 aromatic heterocycles. The Morgan fingerprint density at radius 2 is 1.97 bits per heavy atom. The van der Waals surface area contributed by atoms with E-state index >= 15 is 0 Å². The zero-order valence-electron chi connectivity index (χ0n) is 20.9. The van der Waals surface area contributed by atoms with Gasteiger partial charge in [-0.3, -0.25) is 4.79 Å². The number of halogens is 3. The number of carbonyl (C=O) groups excluding carboxylic acids is 2. The van der Waals surface area contributed by atoms with Crippen LogP contribution < -0.4 is 10.1 Å². The standard InChI is InChI=1S/C25H27F3N4O4S2/c1-3-32-19(13-36-16-9-7-8-15(12-16)25(26,27)28)30-31-24(32)37-14-20(33)29-22-21(23(34)35-2)17-10-5-4-6-11-18(17)38-22/h7-9,12H,3-6,10-11,13-14H2,1-2H3,(H,29,33). The molecule has 2 heterocycles. The first kappa shape index (κ1) is 28.0. The first-order valence-corrected chi connectivity index (χ1v) is 13.9. The molecule has 0 saturated heterocycles. The number of aromatic nitrogens is 3. The van der Waals surface area contributed by atoms with Gasteiger partial charge in [0.15, 0.2) is 11.0 Å². The Labute approximate surface area is 225 Å². The van der Waals surface area contributed by atoms with Gasteiger partial charge in [-0.2, -0.15) is 13.2 Å². The predicted octanol–water partition coefficient (Wildman–Crippen LogP) is 5.74. The highest BCUT2D eigenvalue weighted by atomic mass is 32.2. The smallest absolute Gasteiger partial charge is 0.416 e. The first-order chi connectivity index (χ1) is 18.2. The number of amides is 1. The largest absolute Gasteiger partial charge is 0.486 e. The van der Waals surface area contributed by atoms with Crippen molar-refractivity contribution in [1.82, 2.24) is 14.8 Å². The molecule has 0 unspecified atom stereocenters. The van der Waals surface area contributed by atoms with E-state index in [-0.39, 0.29) is 24.0 Å². The number of rotatable bonds is 9. The van der Waals surface area contributed by atoms with E-state index in [1.165, 1.54) is 42.3 Å². The van der Waals surface area contributed by atoms with E-state index in [0.717, 1.165) is 54.7 Å². The number of fused-ring (bicyclic) bond motifs is 1. The molecule has 0 fully saturated rings. The minimum atomic E-state index is -4.47. The Balaban J connectivity index is 1.40. The number of aryl methyl sites for hydroxylation is 1. The number of hydrogen-bond donors (Lipinski definition) is 1. The van der Waals surface area contributed by atoms with Crippen LogP contribution in [0.3, 0.4) is 0 Å². The number of thiophene rings is 1. The van der Waals surface area contributed by atoms with E-state index in [1.807, 2.05) is 6.92 Å². The van der Waals surface area contributed by atoms with Gasteiger partial charge in [-0.05, 0) is 56.4 Å². The van der Waals surface area contributed by atoms with E-state index in [1.54, 1.807) is 4.57 Å². The maximum Gasteiger partial charge on any atom is 0.416 e. The quantitative estimate of drug-likeness (QED) is 0.200. The Bertz CT molecular complexity index is 1310. The number of esters is 1. The molecule has 0 aliphatic heterocycles. The Morgan fingerprint density at radius 3 is 2.71 bits per heavy atom. The van der Waals surface area contributed by atoms with E-state index in [0.29, 0.717) is 28.1 Å². The van der Waals surface area contributed by atoms with Crippen LogP contribution in [0.25, 0.3) is 0 Å². The molecule has 1 aliphatic rings. The third kappa shape index (κ3) is 6.49. The molecule has 0 radical (unpaired) electrons. The van der Waals surface area contributed by atoms with Gasteiger partial charge >= 0.3 is 12.1 Å². The molecular weight excluding hydrogens is 541 g/mol. The van der Waals surface area contributed by atoms with E-state index in [9.17, 15) is 22.8 Å². The van der Waals surface area contributed by atoms with Crippen molar-refractivity contribution in [2.45, 2.75) is 63.5 Å². The summed E-state index contributed by atoms with van der Waals surface area (Å²) in [7, 11) is 1.33. The Hall–Kier alpha value is -3.06. The molecule has 3 aromatic rings. The van der Waals surface area contributed by atoms with Crippen molar-refractivity contribution in [3.05, 3.63) is 51.7 Å². The van der Waals surface area contributed by atoms with Gasteiger partial charge in [-0.1, -0.05) is 24.2 Å². The SMILES string of the molecule is CCn1c(COc2cccc(C(F)(F)F)c2)nnc1SCC(=O)Nc1sc2c(c1C(=O)OC)CCCCC2. The molecule has 0 atom stereocenters. The van der Waals surface area contributed by atoms with Crippen LogP contribution in [0.2, 0.25) is 0 Å². The van der Waals surface area contributed by atoms with Crippen LogP contribution in [-0.2, 0) is 41.7 Å². The molecule has 1 aromatic carbocycles. The number of anilines is 1. The molecule has 0 spiro atoms. The number of methoxy groups -OCH3 is 1. The average Bonchev–Trinajstić information content (AvgIpc) is 3.36. The molecule has 13 heteroatoms. The second-order valence-electron chi connectivity index (χ2n) is 8.55. The van der Waals surface area contributed by atoms with Crippen molar-refractivity contribution in [1.29, 1.82) is 0 Å². The zero-order chi connectivity index (χ0) is 27.3. The summed E-state index contributed by atoms with van der Waals surface area (Å²) < 4.78 is 51.1. The normalized spacial score (nSPS) is 13.5. The highest BCUT2D eigenvalue weighted by molar-refractivity contribution is 7.99. The molecular formula is C25H27F3N4O4S2. The topological polar surface area (TPSA) is 95.3 Å². The van der Waals surface area contributed by atoms with Crippen molar-refractivity contribution in [3.8, 4) is 5.75 Å². The summed E-state index contributed by atoms with van der Waals surface area (Å²) in [4.78, 5) is 26.4. The molecule has 0 bridgehead atoms. The van der Waals surface area contributed by atoms with Crippen molar-refractivity contribution in [2.75, 3.05) is 18.2 Å². The van der Waals surface area contributed by atoms with Crippen LogP contribution in [0, 0.1) is 0 Å². The first-order valence-electron chi connectivity index (χ1n) is 12.1. The predicted molar refractivity (Wildman–Crippen MR) is 138 cm³/mol. The highest BCUT2D eigenvalue weighted by Gasteiger charge is 2.31. The minimum Gasteiger partial charge on any atom is -0.486 e. The maximum absolute atomic E-state index is 13.0. The van der Waals surface area contributed by atoms with Crippen LogP contribution in [0.1, 0.15) is 58.4 Å². The summed E-state index contributed by atoms with van der Waals surface area (Å²) in [5, 5.41) is 12.1. The number of ether oxygens (including phenoxy) is 2. The summed E-state index contributed by atoms with van der Waals surface area (Å²) in [5.74, 6) is -0.249. The molecule has 4 rings (SSSR count). The third-order valence-corrected chi connectivity index (χ3v) is 8.21. The van der Waals surface area contributed by atoms with Crippen LogP contribution in [0.4, 0.5) is 18.2 Å². The van der Waals surface area contributed by atoms with Gasteiger partial charge in [0.05, 0.1) is 24.0 Å². The summed E-state index contributed by atoms with van der Waals surface area (Å²) in [6.45, 7) is 2.25. The summed E-state index contributed by atoms with van der Waals surface area (Å²) >= 11 is 2.59. The van der Waals surface area contributed by atoms with Crippen LogP contribution in [0.5, 0.6) is 5.75 Å². The lowest BCUT2D eigenvalue weighted by atomic mass is 10.1. The number of nitrogens with one attached hydrogen (secondary N) is 1. The van der Waals surface area contributed by atoms with E-state index in [4.69, 9.17) is 9.47 Å². The number of carbonyl (C=O) groups is 2. The molecule has 38 heavy (non-hydrogen) atoms. The van der Waals surface area contributed by atoms with Gasteiger partial charge in [-0.25, -0.2) is 4.79 Å². The Morgan fingerprint density at radius 1 is 1.18 bits per heavy atom. The number of nitrogens with zero attached hydrogens (tertiary/aromatic N) is 3. The van der Waals surface area contributed by atoms with Crippen LogP contribution >= 0.6 is 23.1 Å². The second-order valence-corrected chi connectivity index (χ2v) is 10.6. The van der Waals surface area contributed by atoms with Crippen molar-refractivity contribution >= 4 is 40.0 Å². The van der Waals surface area contributed by atoms with Gasteiger partial charge in [-0.15, -0.1) is 21.5 Å². The monoisotopic (exact) mass is 568 g/mol. The highest BCUT2D eigenvalue weighted by Crippen LogP contribution is 2.38. The van der Waals surface area contributed by atoms with Gasteiger partial charge in [0.25, 0.3) is 0 Å². The lowest BCUT2D eigenvalue weighted by molar-refractivity contribution is -0.137. The molecule has 1 N–H and O–H groups in total. The van der Waals surface area contributed by atoms with E-state index in [2.05, 4.69) is 15.5 Å². The molecule has 1 amide bonds. The number of thioether (sulfide) groups is 1. The van der Waals surface area contributed by atoms with Crippen LogP contribution in [0.15, 0.2) is 29.4 Å². The van der Waals surface area contributed by atoms with Crippen molar-refractivity contribution in [3.63, 3.8) is 0 Å². The van der Waals surface area contributed by atoms with Gasteiger partial charge in [0.1, 0.15) is 17.4 Å². The zero-order valence-corrected chi connectivity index (χ0v) is 22.5. The Kier molecular flexibility index (Phi) is 8.98. The van der Waals surface area contributed by atoms with E-state index < -0.39 is 17.7 Å². The fraction of sp³-hybridized carbons (Fsp3) is 0.440.